The Morgan fingerprint density at radius 1 is 1.00 bits per heavy atom. The fourth-order valence-electron chi connectivity index (χ4n) is 2.51. The van der Waals surface area contributed by atoms with Crippen molar-refractivity contribution in [3.63, 3.8) is 0 Å². The van der Waals surface area contributed by atoms with Gasteiger partial charge in [-0.05, 0) is 37.2 Å². The molecule has 0 aromatic heterocycles. The van der Waals surface area contributed by atoms with Crippen molar-refractivity contribution in [3.05, 3.63) is 29.3 Å². The van der Waals surface area contributed by atoms with Gasteiger partial charge in [-0.1, -0.05) is 50.9 Å². The van der Waals surface area contributed by atoms with Gasteiger partial charge in [-0.15, -0.1) is 0 Å². The van der Waals surface area contributed by atoms with Crippen molar-refractivity contribution in [2.45, 2.75) is 58.8 Å². The summed E-state index contributed by atoms with van der Waals surface area (Å²) in [6, 6.07) is 6.46. The lowest BCUT2D eigenvalue weighted by atomic mass is 10.1. The Hall–Kier alpha value is -0.329. The molecule has 0 bridgehead atoms. The topological polar surface area (TPSA) is 9.23 Å². The number of aryl methyl sites for hydroxylation is 2. The van der Waals surface area contributed by atoms with Gasteiger partial charge in [0.05, 0.1) is 8.31 Å². The standard InChI is InChI=1S/C15H29OSi3/c1-13-10-9-11-14(2)15(13)16-19(8,17(3)4)12-18(5,6)7/h9-11H,12H2,1-8H3. The van der Waals surface area contributed by atoms with Crippen LogP contribution in [0, 0.1) is 13.8 Å². The largest absolute Gasteiger partial charge is 0.547 e. The predicted molar refractivity (Wildman–Crippen MR) is 93.8 cm³/mol. The molecule has 1 unspecified atom stereocenters. The van der Waals surface area contributed by atoms with Crippen LogP contribution in [0.25, 0.3) is 0 Å². The monoisotopic (exact) mass is 309 g/mol. The molecule has 0 aliphatic rings. The van der Waals surface area contributed by atoms with Gasteiger partial charge < -0.3 is 4.43 Å². The van der Waals surface area contributed by atoms with Crippen LogP contribution >= 0.6 is 0 Å². The molecule has 1 radical (unpaired) electrons. The lowest BCUT2D eigenvalue weighted by Crippen LogP contribution is -2.55. The Morgan fingerprint density at radius 3 is 1.84 bits per heavy atom. The van der Waals surface area contributed by atoms with E-state index in [1.54, 1.807) is 0 Å². The first-order valence-electron chi connectivity index (χ1n) is 7.11. The Kier molecular flexibility index (Phi) is 5.26. The SMILES string of the molecule is Cc1cccc(C)c1O[Si](C)(C[Si](C)(C)C)[Si](C)C. The van der Waals surface area contributed by atoms with Gasteiger partial charge >= 0.3 is 0 Å². The van der Waals surface area contributed by atoms with Crippen molar-refractivity contribution in [2.75, 3.05) is 0 Å². The summed E-state index contributed by atoms with van der Waals surface area (Å²) >= 11 is 0. The van der Waals surface area contributed by atoms with Gasteiger partial charge in [0, 0.05) is 8.07 Å². The normalized spacial score (nSPS) is 15.4. The summed E-state index contributed by atoms with van der Waals surface area (Å²) in [5, 5.41) is 0. The zero-order valence-corrected chi connectivity index (χ0v) is 16.8. The molecule has 19 heavy (non-hydrogen) atoms. The van der Waals surface area contributed by atoms with Crippen molar-refractivity contribution in [1.82, 2.24) is 0 Å². The molecule has 0 aliphatic heterocycles. The first-order valence-corrected chi connectivity index (χ1v) is 16.9. The van der Waals surface area contributed by atoms with Crippen LogP contribution in [0.1, 0.15) is 11.1 Å². The highest BCUT2D eigenvalue weighted by atomic mass is 29.2. The molecule has 0 heterocycles. The van der Waals surface area contributed by atoms with Crippen molar-refractivity contribution >= 4 is 24.2 Å². The molecular formula is C15H29OSi3. The van der Waals surface area contributed by atoms with E-state index in [2.05, 4.69) is 71.3 Å². The molecule has 0 aliphatic carbocycles. The van der Waals surface area contributed by atoms with Gasteiger partial charge in [0.15, 0.2) is 0 Å². The van der Waals surface area contributed by atoms with Crippen molar-refractivity contribution in [3.8, 4) is 5.75 Å². The third-order valence-electron chi connectivity index (χ3n) is 3.66. The Morgan fingerprint density at radius 2 is 1.47 bits per heavy atom. The van der Waals surface area contributed by atoms with Crippen LogP contribution in [0.15, 0.2) is 18.2 Å². The fourth-order valence-corrected chi connectivity index (χ4v) is 22.2. The van der Waals surface area contributed by atoms with Crippen molar-refractivity contribution < 1.29 is 4.43 Å². The second kappa shape index (κ2) is 5.97. The molecule has 0 spiro atoms. The van der Waals surface area contributed by atoms with E-state index in [4.69, 9.17) is 4.43 Å². The van der Waals surface area contributed by atoms with Crippen LogP contribution in [0.3, 0.4) is 0 Å². The Labute approximate surface area is 122 Å². The molecule has 1 aromatic carbocycles. The van der Waals surface area contributed by atoms with Crippen LogP contribution in [0.5, 0.6) is 5.75 Å². The van der Waals surface area contributed by atoms with E-state index >= 15 is 0 Å². The third kappa shape index (κ3) is 4.61. The molecule has 0 amide bonds. The van der Waals surface area contributed by atoms with Crippen molar-refractivity contribution in [2.24, 2.45) is 0 Å². The minimum Gasteiger partial charge on any atom is -0.547 e. The lowest BCUT2D eigenvalue weighted by Gasteiger charge is -2.37. The molecule has 4 heteroatoms. The zero-order chi connectivity index (χ0) is 14.8. The van der Waals surface area contributed by atoms with Crippen LogP contribution < -0.4 is 4.43 Å². The van der Waals surface area contributed by atoms with Crippen LogP contribution in [0.4, 0.5) is 0 Å². The summed E-state index contributed by atoms with van der Waals surface area (Å²) in [4.78, 5) is 0. The van der Waals surface area contributed by atoms with Crippen LogP contribution in [-0.4, -0.2) is 24.2 Å². The average Bonchev–Trinajstić information content (AvgIpc) is 2.21. The molecule has 0 saturated carbocycles. The maximum Gasteiger partial charge on any atom is 0.226 e. The third-order valence-corrected chi connectivity index (χ3v) is 21.6. The summed E-state index contributed by atoms with van der Waals surface area (Å²) in [6.07, 6.45) is 0. The number of hydrogen-bond donors (Lipinski definition) is 0. The average molecular weight is 310 g/mol. The van der Waals surface area contributed by atoms with Gasteiger partial charge in [0.1, 0.15) is 5.75 Å². The summed E-state index contributed by atoms with van der Waals surface area (Å²) in [5.74, 6) is 1.17. The second-order valence-electron chi connectivity index (χ2n) is 7.29. The predicted octanol–water partition coefficient (Wildman–Crippen LogP) is 4.97. The maximum atomic E-state index is 6.72. The highest BCUT2D eigenvalue weighted by molar-refractivity contribution is 7.32. The highest BCUT2D eigenvalue weighted by Gasteiger charge is 2.40. The first kappa shape index (κ1) is 16.7. The molecule has 0 saturated heterocycles. The Bertz CT molecular complexity index is 417. The first-order chi connectivity index (χ1) is 8.55. The van der Waals surface area contributed by atoms with E-state index in [9.17, 15) is 0 Å². The van der Waals surface area contributed by atoms with E-state index in [-0.39, 0.29) is 8.31 Å². The molecule has 107 valence electrons. The number of hydrogen-bond acceptors (Lipinski definition) is 1. The smallest absolute Gasteiger partial charge is 0.226 e. The van der Waals surface area contributed by atoms with E-state index in [1.165, 1.54) is 22.5 Å². The molecule has 0 fully saturated rings. The zero-order valence-electron chi connectivity index (χ0n) is 13.8. The van der Waals surface area contributed by atoms with E-state index in [1.807, 2.05) is 0 Å². The van der Waals surface area contributed by atoms with E-state index in [0.717, 1.165) is 0 Å². The van der Waals surface area contributed by atoms with Gasteiger partial charge in [-0.2, -0.15) is 0 Å². The molecular weight excluding hydrogens is 280 g/mol. The molecule has 1 nitrogen and oxygen atoms in total. The fraction of sp³-hybridized carbons (Fsp3) is 0.600. The summed E-state index contributed by atoms with van der Waals surface area (Å²) in [6.45, 7) is 19.1. The summed E-state index contributed by atoms with van der Waals surface area (Å²) in [5.41, 5.74) is 3.95. The van der Waals surface area contributed by atoms with Gasteiger partial charge in [0.2, 0.25) is 7.83 Å². The molecule has 1 rings (SSSR count). The molecule has 0 N–H and O–H groups in total. The van der Waals surface area contributed by atoms with Crippen LogP contribution in [0.2, 0.25) is 44.9 Å². The molecule has 1 atom stereocenters. The van der Waals surface area contributed by atoms with Gasteiger partial charge in [0.25, 0.3) is 0 Å². The highest BCUT2D eigenvalue weighted by Crippen LogP contribution is 2.30. The number of benzene rings is 1. The van der Waals surface area contributed by atoms with Gasteiger partial charge in [-0.25, -0.2) is 0 Å². The van der Waals surface area contributed by atoms with Crippen molar-refractivity contribution in [1.29, 1.82) is 0 Å². The number of rotatable bonds is 5. The Balaban J connectivity index is 3.09. The van der Waals surface area contributed by atoms with E-state index < -0.39 is 15.9 Å². The van der Waals surface area contributed by atoms with Crippen LogP contribution in [-0.2, 0) is 0 Å². The summed E-state index contributed by atoms with van der Waals surface area (Å²) < 4.78 is 6.72. The second-order valence-corrected chi connectivity index (χ2v) is 24.7. The maximum absolute atomic E-state index is 6.72. The lowest BCUT2D eigenvalue weighted by molar-refractivity contribution is 0.556. The quantitative estimate of drug-likeness (QED) is 0.698. The molecule has 1 aromatic rings. The van der Waals surface area contributed by atoms with Gasteiger partial charge in [-0.3, -0.25) is 0 Å². The minimum absolute atomic E-state index is 0.384. The minimum atomic E-state index is -1.60. The number of para-hydroxylation sites is 1. The summed E-state index contributed by atoms with van der Waals surface area (Å²) in [7, 11) is -3.07. The van der Waals surface area contributed by atoms with E-state index in [0.29, 0.717) is 0 Å².